The van der Waals surface area contributed by atoms with Crippen molar-refractivity contribution in [1.82, 2.24) is 15.1 Å². The Bertz CT molecular complexity index is 416. The van der Waals surface area contributed by atoms with Gasteiger partial charge in [-0.15, -0.1) is 10.2 Å². The van der Waals surface area contributed by atoms with Crippen LogP contribution in [-0.4, -0.2) is 54.4 Å². The third-order valence-corrected chi connectivity index (χ3v) is 4.56. The minimum atomic E-state index is -0.0290. The van der Waals surface area contributed by atoms with Crippen molar-refractivity contribution in [3.8, 4) is 0 Å². The predicted molar refractivity (Wildman–Crippen MR) is 74.5 cm³/mol. The molecule has 2 heterocycles. The third kappa shape index (κ3) is 3.95. The van der Waals surface area contributed by atoms with Crippen molar-refractivity contribution in [2.24, 2.45) is 0 Å². The van der Waals surface area contributed by atoms with E-state index >= 15 is 0 Å². The smallest absolute Gasteiger partial charge is 0.213 e. The van der Waals surface area contributed by atoms with Crippen LogP contribution in [0.3, 0.4) is 0 Å². The van der Waals surface area contributed by atoms with Gasteiger partial charge in [0.1, 0.15) is 5.01 Å². The third-order valence-electron chi connectivity index (χ3n) is 3.34. The van der Waals surface area contributed by atoms with E-state index in [2.05, 4.69) is 34.3 Å². The van der Waals surface area contributed by atoms with Gasteiger partial charge in [0.05, 0.1) is 13.2 Å². The lowest BCUT2D eigenvalue weighted by molar-refractivity contribution is -0.105. The fraction of sp³-hybridized carbons (Fsp3) is 0.750. The Morgan fingerprint density at radius 3 is 2.84 bits per heavy atom. The van der Waals surface area contributed by atoms with E-state index < -0.39 is 0 Å². The highest BCUT2D eigenvalue weighted by Crippen LogP contribution is 2.31. The fourth-order valence-electron chi connectivity index (χ4n) is 1.97. The first-order valence-electron chi connectivity index (χ1n) is 6.46. The zero-order valence-corrected chi connectivity index (χ0v) is 12.2. The van der Waals surface area contributed by atoms with Crippen LogP contribution in [0.4, 0.5) is 5.13 Å². The summed E-state index contributed by atoms with van der Waals surface area (Å²) >= 11 is 1.44. The minimum Gasteiger partial charge on any atom is -0.379 e. The average Bonchev–Trinajstić information content (AvgIpc) is 2.88. The van der Waals surface area contributed by atoms with Crippen molar-refractivity contribution < 1.29 is 9.53 Å². The first-order valence-corrected chi connectivity index (χ1v) is 7.28. The molecule has 1 fully saturated rings. The molecule has 0 radical (unpaired) electrons. The van der Waals surface area contributed by atoms with Crippen LogP contribution in [0, 0.1) is 0 Å². The standard InChI is InChI=1S/C12H20N4O2S/c1-12(2,3-4-16-5-7-18-8-6-16)10-14-15-11(19-10)13-9-17/h9H,3-8H2,1-2H3,(H,13,15,17). The molecule has 7 heteroatoms. The Morgan fingerprint density at radius 1 is 1.42 bits per heavy atom. The first kappa shape index (κ1) is 14.4. The quantitative estimate of drug-likeness (QED) is 0.793. The topological polar surface area (TPSA) is 67.3 Å². The number of hydrogen-bond acceptors (Lipinski definition) is 6. The van der Waals surface area contributed by atoms with Gasteiger partial charge in [-0.2, -0.15) is 0 Å². The van der Waals surface area contributed by atoms with E-state index in [1.807, 2.05) is 0 Å². The van der Waals surface area contributed by atoms with E-state index in [-0.39, 0.29) is 5.41 Å². The van der Waals surface area contributed by atoms with Gasteiger partial charge in [-0.05, 0) is 13.0 Å². The highest BCUT2D eigenvalue weighted by molar-refractivity contribution is 7.15. The molecule has 0 atom stereocenters. The summed E-state index contributed by atoms with van der Waals surface area (Å²) in [6, 6.07) is 0. The molecule has 1 amide bonds. The normalized spacial score (nSPS) is 17.4. The molecule has 0 aromatic carbocycles. The van der Waals surface area contributed by atoms with Gasteiger partial charge in [0.2, 0.25) is 11.5 Å². The van der Waals surface area contributed by atoms with Crippen LogP contribution in [-0.2, 0) is 14.9 Å². The predicted octanol–water partition coefficient (Wildman–Crippen LogP) is 1.11. The Labute approximate surface area is 117 Å². The molecule has 1 aliphatic heterocycles. The van der Waals surface area contributed by atoms with Crippen molar-refractivity contribution >= 4 is 22.9 Å². The number of aromatic nitrogens is 2. The number of morpholine rings is 1. The highest BCUT2D eigenvalue weighted by atomic mass is 32.1. The van der Waals surface area contributed by atoms with Crippen molar-refractivity contribution in [2.75, 3.05) is 38.2 Å². The van der Waals surface area contributed by atoms with Gasteiger partial charge in [-0.1, -0.05) is 25.2 Å². The molecule has 0 saturated carbocycles. The van der Waals surface area contributed by atoms with Crippen LogP contribution in [0.1, 0.15) is 25.3 Å². The van der Waals surface area contributed by atoms with Crippen LogP contribution in [0.15, 0.2) is 0 Å². The van der Waals surface area contributed by atoms with Gasteiger partial charge in [0.15, 0.2) is 0 Å². The Hall–Kier alpha value is -1.05. The number of rotatable bonds is 6. The van der Waals surface area contributed by atoms with Gasteiger partial charge in [0.25, 0.3) is 0 Å². The number of nitrogens with one attached hydrogen (secondary N) is 1. The van der Waals surface area contributed by atoms with E-state index in [1.54, 1.807) is 0 Å². The Morgan fingerprint density at radius 2 is 2.16 bits per heavy atom. The van der Waals surface area contributed by atoms with Crippen LogP contribution < -0.4 is 5.32 Å². The molecule has 1 aromatic heterocycles. The van der Waals surface area contributed by atoms with Crippen molar-refractivity contribution in [3.05, 3.63) is 5.01 Å². The summed E-state index contributed by atoms with van der Waals surface area (Å²) in [5.74, 6) is 0. The molecule has 0 bridgehead atoms. The molecule has 1 N–H and O–H groups in total. The van der Waals surface area contributed by atoms with E-state index in [1.165, 1.54) is 11.3 Å². The van der Waals surface area contributed by atoms with Gasteiger partial charge in [-0.3, -0.25) is 9.69 Å². The first-order chi connectivity index (χ1) is 9.12. The summed E-state index contributed by atoms with van der Waals surface area (Å²) in [7, 11) is 0. The average molecular weight is 284 g/mol. The molecule has 1 saturated heterocycles. The van der Waals surface area contributed by atoms with Crippen LogP contribution in [0.25, 0.3) is 0 Å². The molecule has 1 aromatic rings. The maximum atomic E-state index is 10.4. The largest absolute Gasteiger partial charge is 0.379 e. The summed E-state index contributed by atoms with van der Waals surface area (Å²) in [5.41, 5.74) is -0.0290. The number of anilines is 1. The summed E-state index contributed by atoms with van der Waals surface area (Å²) in [5, 5.41) is 12.2. The van der Waals surface area contributed by atoms with Crippen molar-refractivity contribution in [3.63, 3.8) is 0 Å². The van der Waals surface area contributed by atoms with E-state index in [0.717, 1.165) is 44.3 Å². The summed E-state index contributed by atoms with van der Waals surface area (Å²) in [4.78, 5) is 12.8. The number of nitrogens with zero attached hydrogens (tertiary/aromatic N) is 3. The molecular formula is C12H20N4O2S. The number of ether oxygens (including phenoxy) is 1. The Balaban J connectivity index is 1.90. The molecule has 0 unspecified atom stereocenters. The zero-order chi connectivity index (χ0) is 13.7. The molecule has 106 valence electrons. The maximum Gasteiger partial charge on any atom is 0.213 e. The van der Waals surface area contributed by atoms with Gasteiger partial charge >= 0.3 is 0 Å². The summed E-state index contributed by atoms with van der Waals surface area (Å²) in [6.07, 6.45) is 1.65. The van der Waals surface area contributed by atoms with Gasteiger partial charge in [0, 0.05) is 18.5 Å². The second-order valence-corrected chi connectivity index (χ2v) is 6.24. The molecule has 6 nitrogen and oxygen atoms in total. The lowest BCUT2D eigenvalue weighted by atomic mass is 9.90. The Kier molecular flexibility index (Phi) is 4.84. The molecule has 0 aliphatic carbocycles. The zero-order valence-electron chi connectivity index (χ0n) is 11.4. The van der Waals surface area contributed by atoms with E-state index in [9.17, 15) is 4.79 Å². The lowest BCUT2D eigenvalue weighted by Gasteiger charge is -2.30. The van der Waals surface area contributed by atoms with E-state index in [0.29, 0.717) is 11.5 Å². The second-order valence-electron chi connectivity index (χ2n) is 5.26. The summed E-state index contributed by atoms with van der Waals surface area (Å²) in [6.45, 7) is 9.03. The molecule has 1 aliphatic rings. The van der Waals surface area contributed by atoms with Crippen LogP contribution >= 0.6 is 11.3 Å². The fourth-order valence-corrected chi connectivity index (χ4v) is 2.81. The molecule has 19 heavy (non-hydrogen) atoms. The number of carbonyl (C=O) groups excluding carboxylic acids is 1. The van der Waals surface area contributed by atoms with Crippen molar-refractivity contribution in [1.29, 1.82) is 0 Å². The highest BCUT2D eigenvalue weighted by Gasteiger charge is 2.26. The molecular weight excluding hydrogens is 264 g/mol. The SMILES string of the molecule is CC(C)(CCN1CCOCC1)c1nnc(NC=O)s1. The number of hydrogen-bond donors (Lipinski definition) is 1. The maximum absolute atomic E-state index is 10.4. The number of carbonyl (C=O) groups is 1. The van der Waals surface area contributed by atoms with Crippen LogP contribution in [0.5, 0.6) is 0 Å². The second kappa shape index (κ2) is 6.40. The van der Waals surface area contributed by atoms with Crippen molar-refractivity contribution in [2.45, 2.75) is 25.7 Å². The van der Waals surface area contributed by atoms with E-state index in [4.69, 9.17) is 4.74 Å². The monoisotopic (exact) mass is 284 g/mol. The van der Waals surface area contributed by atoms with Gasteiger partial charge in [-0.25, -0.2) is 0 Å². The number of amides is 1. The molecule has 0 spiro atoms. The molecule has 2 rings (SSSR count). The lowest BCUT2D eigenvalue weighted by Crippen LogP contribution is -2.38. The van der Waals surface area contributed by atoms with Crippen LogP contribution in [0.2, 0.25) is 0 Å². The summed E-state index contributed by atoms with van der Waals surface area (Å²) < 4.78 is 5.34. The van der Waals surface area contributed by atoms with Gasteiger partial charge < -0.3 is 10.1 Å². The minimum absolute atomic E-state index is 0.0290.